The van der Waals surface area contributed by atoms with Gasteiger partial charge in [-0.1, -0.05) is 0 Å². The van der Waals surface area contributed by atoms with Crippen LogP contribution in [0.5, 0.6) is 0 Å². The number of ether oxygens (including phenoxy) is 1. The average Bonchev–Trinajstić information content (AvgIpc) is 2.39. The van der Waals surface area contributed by atoms with Gasteiger partial charge < -0.3 is 10.5 Å². The summed E-state index contributed by atoms with van der Waals surface area (Å²) >= 11 is 0. The number of non-ortho nitro benzene ring substituents is 1. The summed E-state index contributed by atoms with van der Waals surface area (Å²) in [5.74, 6) is -0.0874. The van der Waals surface area contributed by atoms with Gasteiger partial charge in [0, 0.05) is 18.3 Å². The summed E-state index contributed by atoms with van der Waals surface area (Å²) in [6.45, 7) is 0. The summed E-state index contributed by atoms with van der Waals surface area (Å²) in [5.41, 5.74) is 5.92. The van der Waals surface area contributed by atoms with Crippen LogP contribution in [-0.4, -0.2) is 18.2 Å². The van der Waals surface area contributed by atoms with Crippen LogP contribution in [0.15, 0.2) is 40.8 Å². The fourth-order valence-electron chi connectivity index (χ4n) is 1.07. The Hall–Kier alpha value is -2.88. The van der Waals surface area contributed by atoms with Gasteiger partial charge in [-0.05, 0) is 17.7 Å². The molecule has 1 aromatic rings. The Morgan fingerprint density at radius 2 is 2.17 bits per heavy atom. The van der Waals surface area contributed by atoms with Crippen molar-refractivity contribution < 1.29 is 9.66 Å². The second kappa shape index (κ2) is 6.00. The van der Waals surface area contributed by atoms with Gasteiger partial charge in [0.1, 0.15) is 6.07 Å². The van der Waals surface area contributed by atoms with Crippen LogP contribution in [-0.2, 0) is 4.74 Å². The Morgan fingerprint density at radius 1 is 1.56 bits per heavy atom. The van der Waals surface area contributed by atoms with E-state index in [2.05, 4.69) is 9.73 Å². The molecule has 7 nitrogen and oxygen atoms in total. The van der Waals surface area contributed by atoms with Crippen molar-refractivity contribution in [1.29, 1.82) is 5.26 Å². The van der Waals surface area contributed by atoms with Crippen molar-refractivity contribution in [3.63, 3.8) is 0 Å². The van der Waals surface area contributed by atoms with Crippen LogP contribution in [0.2, 0.25) is 0 Å². The minimum atomic E-state index is -0.496. The number of hydrogen-bond donors (Lipinski definition) is 1. The molecule has 0 bridgehead atoms. The third kappa shape index (κ3) is 3.31. The molecule has 0 atom stereocenters. The van der Waals surface area contributed by atoms with Gasteiger partial charge in [0.05, 0.1) is 12.0 Å². The summed E-state index contributed by atoms with van der Waals surface area (Å²) in [5, 5.41) is 19.2. The molecule has 0 saturated heterocycles. The van der Waals surface area contributed by atoms with Crippen molar-refractivity contribution in [3.8, 4) is 6.07 Å². The quantitative estimate of drug-likeness (QED) is 0.283. The molecule has 1 aromatic carbocycles. The highest BCUT2D eigenvalue weighted by atomic mass is 16.6. The number of benzene rings is 1. The number of nitriles is 1. The van der Waals surface area contributed by atoms with E-state index < -0.39 is 4.92 Å². The van der Waals surface area contributed by atoms with Gasteiger partial charge in [-0.3, -0.25) is 10.1 Å². The molecule has 7 heteroatoms. The van der Waals surface area contributed by atoms with Gasteiger partial charge >= 0.3 is 0 Å². The SMILES string of the molecule is CO/C(N)=C(\C#N)N=Cc1ccc([N+](=O)[O-])cc1. The van der Waals surface area contributed by atoms with Crippen LogP contribution >= 0.6 is 0 Å². The predicted octanol–water partition coefficient (Wildman–Crippen LogP) is 1.31. The van der Waals surface area contributed by atoms with Crippen molar-refractivity contribution in [2.75, 3.05) is 7.11 Å². The molecule has 0 aliphatic carbocycles. The Morgan fingerprint density at radius 3 is 2.61 bits per heavy atom. The molecular weight excluding hydrogens is 236 g/mol. The molecule has 0 radical (unpaired) electrons. The molecule has 18 heavy (non-hydrogen) atoms. The topological polar surface area (TPSA) is 115 Å². The van der Waals surface area contributed by atoms with Crippen molar-refractivity contribution in [2.24, 2.45) is 10.7 Å². The maximum absolute atomic E-state index is 10.4. The summed E-state index contributed by atoms with van der Waals surface area (Å²) in [6, 6.07) is 7.49. The zero-order chi connectivity index (χ0) is 13.5. The van der Waals surface area contributed by atoms with Crippen molar-refractivity contribution >= 4 is 11.9 Å². The van der Waals surface area contributed by atoms with E-state index in [0.29, 0.717) is 5.56 Å². The minimum Gasteiger partial charge on any atom is -0.481 e. The Kier molecular flexibility index (Phi) is 4.40. The lowest BCUT2D eigenvalue weighted by Crippen LogP contribution is -2.02. The first kappa shape index (κ1) is 13.2. The number of aliphatic imine (C=N–C) groups is 1. The maximum atomic E-state index is 10.4. The van der Waals surface area contributed by atoms with Crippen molar-refractivity contribution in [1.82, 2.24) is 0 Å². The highest BCUT2D eigenvalue weighted by molar-refractivity contribution is 5.81. The highest BCUT2D eigenvalue weighted by Gasteiger charge is 2.03. The number of nitrogens with two attached hydrogens (primary N) is 1. The molecule has 0 aromatic heterocycles. The van der Waals surface area contributed by atoms with Crippen LogP contribution < -0.4 is 5.73 Å². The van der Waals surface area contributed by atoms with Gasteiger partial charge in [-0.15, -0.1) is 0 Å². The largest absolute Gasteiger partial charge is 0.481 e. The molecular formula is C11H10N4O3. The van der Waals surface area contributed by atoms with E-state index in [1.54, 1.807) is 6.07 Å². The van der Waals surface area contributed by atoms with E-state index in [1.165, 1.54) is 37.6 Å². The molecule has 0 aliphatic rings. The third-order valence-electron chi connectivity index (χ3n) is 2.01. The normalized spacial score (nSPS) is 11.8. The second-order valence-corrected chi connectivity index (χ2v) is 3.14. The predicted molar refractivity (Wildman–Crippen MR) is 64.5 cm³/mol. The van der Waals surface area contributed by atoms with E-state index in [0.717, 1.165) is 0 Å². The van der Waals surface area contributed by atoms with Crippen LogP contribution in [0.4, 0.5) is 5.69 Å². The Bertz CT molecular complexity index is 540. The number of hydrogen-bond acceptors (Lipinski definition) is 6. The summed E-state index contributed by atoms with van der Waals surface area (Å²) in [4.78, 5) is 13.8. The van der Waals surface area contributed by atoms with Gasteiger partial charge in [0.2, 0.25) is 5.88 Å². The summed E-state index contributed by atoms with van der Waals surface area (Å²) in [6.07, 6.45) is 1.37. The minimum absolute atomic E-state index is 0.0143. The number of nitro benzene ring substituents is 1. The van der Waals surface area contributed by atoms with Crippen LogP contribution in [0.1, 0.15) is 5.56 Å². The first-order valence-corrected chi connectivity index (χ1v) is 4.81. The first-order valence-electron chi connectivity index (χ1n) is 4.81. The van der Waals surface area contributed by atoms with Gasteiger partial charge in [-0.25, -0.2) is 4.99 Å². The average molecular weight is 246 g/mol. The van der Waals surface area contributed by atoms with Crippen LogP contribution in [0.25, 0.3) is 0 Å². The maximum Gasteiger partial charge on any atom is 0.269 e. The molecule has 0 spiro atoms. The lowest BCUT2D eigenvalue weighted by molar-refractivity contribution is -0.384. The smallest absolute Gasteiger partial charge is 0.269 e. The molecule has 2 N–H and O–H groups in total. The van der Waals surface area contributed by atoms with E-state index >= 15 is 0 Å². The fraction of sp³-hybridized carbons (Fsp3) is 0.0909. The molecule has 0 heterocycles. The van der Waals surface area contributed by atoms with Gasteiger partial charge in [-0.2, -0.15) is 5.26 Å². The number of allylic oxidation sites excluding steroid dienone is 1. The number of nitro groups is 1. The van der Waals surface area contributed by atoms with Crippen LogP contribution in [0.3, 0.4) is 0 Å². The van der Waals surface area contributed by atoms with E-state index in [1.807, 2.05) is 0 Å². The Labute approximate surface area is 103 Å². The third-order valence-corrected chi connectivity index (χ3v) is 2.01. The lowest BCUT2D eigenvalue weighted by Gasteiger charge is -1.98. The molecule has 92 valence electrons. The van der Waals surface area contributed by atoms with Gasteiger partial charge in [0.25, 0.3) is 5.69 Å². The zero-order valence-electron chi connectivity index (χ0n) is 9.53. The monoisotopic (exact) mass is 246 g/mol. The highest BCUT2D eigenvalue weighted by Crippen LogP contribution is 2.11. The molecule has 0 fully saturated rings. The molecule has 0 amide bonds. The number of rotatable bonds is 4. The zero-order valence-corrected chi connectivity index (χ0v) is 9.53. The number of nitrogens with zero attached hydrogens (tertiary/aromatic N) is 3. The fourth-order valence-corrected chi connectivity index (χ4v) is 1.07. The van der Waals surface area contributed by atoms with Gasteiger partial charge in [0.15, 0.2) is 5.70 Å². The second-order valence-electron chi connectivity index (χ2n) is 3.14. The lowest BCUT2D eigenvalue weighted by atomic mass is 10.2. The first-order chi connectivity index (χ1) is 8.58. The Balaban J connectivity index is 2.92. The standard InChI is InChI=1S/C11H10N4O3/c1-18-11(13)10(6-12)14-7-8-2-4-9(5-3-8)15(16)17/h2-5,7H,13H2,1H3/b11-10+,14-7?. The van der Waals surface area contributed by atoms with Crippen molar-refractivity contribution in [3.05, 3.63) is 51.5 Å². The summed E-state index contributed by atoms with van der Waals surface area (Å²) < 4.78 is 4.67. The summed E-state index contributed by atoms with van der Waals surface area (Å²) in [7, 11) is 1.33. The van der Waals surface area contributed by atoms with E-state index in [4.69, 9.17) is 11.0 Å². The van der Waals surface area contributed by atoms with E-state index in [9.17, 15) is 10.1 Å². The van der Waals surface area contributed by atoms with Crippen molar-refractivity contribution in [2.45, 2.75) is 0 Å². The molecule has 0 aliphatic heterocycles. The molecule has 1 rings (SSSR count). The molecule has 0 saturated carbocycles. The van der Waals surface area contributed by atoms with E-state index in [-0.39, 0.29) is 17.3 Å². The number of methoxy groups -OCH3 is 1. The molecule has 0 unspecified atom stereocenters. The van der Waals surface area contributed by atoms with Crippen LogP contribution in [0, 0.1) is 21.4 Å².